The number of aliphatic hydroxyl groups is 3. The van der Waals surface area contributed by atoms with Crippen molar-refractivity contribution in [3.05, 3.63) is 24.3 Å². The van der Waals surface area contributed by atoms with Gasteiger partial charge in [-0.05, 0) is 44.9 Å². The summed E-state index contributed by atoms with van der Waals surface area (Å²) in [6.45, 7) is 4.22. The zero-order chi connectivity index (χ0) is 46.5. The molecule has 0 heterocycles. The monoisotopic (exact) mass is 902 g/mol. The Morgan fingerprint density at radius 3 is 0.906 bits per heavy atom. The second-order valence-corrected chi connectivity index (χ2v) is 20.2. The minimum Gasteiger partial charge on any atom is -0.394 e. The van der Waals surface area contributed by atoms with Crippen molar-refractivity contribution in [2.24, 2.45) is 0 Å². The first kappa shape index (κ1) is 62.8. The number of hydrogen-bond acceptors (Lipinski definition) is 4. The Balaban J connectivity index is 3.55. The van der Waals surface area contributed by atoms with Gasteiger partial charge < -0.3 is 20.6 Å². The van der Waals surface area contributed by atoms with E-state index in [4.69, 9.17) is 0 Å². The lowest BCUT2D eigenvalue weighted by Crippen LogP contribution is -2.48. The van der Waals surface area contributed by atoms with Crippen LogP contribution in [0.3, 0.4) is 0 Å². The van der Waals surface area contributed by atoms with E-state index in [1.165, 1.54) is 270 Å². The normalized spacial score (nSPS) is 13.4. The average Bonchev–Trinajstić information content (AvgIpc) is 3.30. The fraction of sp³-hybridized carbons (Fsp3) is 0.915. The predicted octanol–water partition coefficient (Wildman–Crippen LogP) is 18.1. The van der Waals surface area contributed by atoms with E-state index in [-0.39, 0.29) is 6.61 Å². The molecule has 3 atom stereocenters. The van der Waals surface area contributed by atoms with Crippen LogP contribution in [0.15, 0.2) is 24.3 Å². The molecule has 0 radical (unpaired) electrons. The Morgan fingerprint density at radius 1 is 0.375 bits per heavy atom. The van der Waals surface area contributed by atoms with Crippen molar-refractivity contribution in [1.82, 2.24) is 5.32 Å². The van der Waals surface area contributed by atoms with Gasteiger partial charge >= 0.3 is 0 Å². The summed E-state index contributed by atoms with van der Waals surface area (Å²) >= 11 is 0. The lowest BCUT2D eigenvalue weighted by Gasteiger charge is -2.21. The summed E-state index contributed by atoms with van der Waals surface area (Å²) in [5.41, 5.74) is 0. The molecule has 3 unspecified atom stereocenters. The van der Waals surface area contributed by atoms with Crippen LogP contribution in [0.25, 0.3) is 0 Å². The van der Waals surface area contributed by atoms with Gasteiger partial charge in [0.1, 0.15) is 6.10 Å². The van der Waals surface area contributed by atoms with Crippen LogP contribution < -0.4 is 5.32 Å². The molecule has 0 aliphatic heterocycles. The maximum Gasteiger partial charge on any atom is 0.249 e. The summed E-state index contributed by atoms with van der Waals surface area (Å²) in [5.74, 6) is -0.498. The van der Waals surface area contributed by atoms with Crippen molar-refractivity contribution >= 4 is 5.91 Å². The van der Waals surface area contributed by atoms with Crippen LogP contribution in [-0.4, -0.2) is 46.1 Å². The highest BCUT2D eigenvalue weighted by Crippen LogP contribution is 2.18. The summed E-state index contributed by atoms with van der Waals surface area (Å²) < 4.78 is 0. The van der Waals surface area contributed by atoms with Crippen molar-refractivity contribution in [2.45, 2.75) is 340 Å². The van der Waals surface area contributed by atoms with Gasteiger partial charge in [-0.2, -0.15) is 0 Å². The van der Waals surface area contributed by atoms with E-state index in [0.29, 0.717) is 6.42 Å². The smallest absolute Gasteiger partial charge is 0.249 e. The number of carbonyl (C=O) groups is 1. The average molecular weight is 903 g/mol. The Bertz CT molecular complexity index is 951. The van der Waals surface area contributed by atoms with Crippen LogP contribution >= 0.6 is 0 Å². The number of allylic oxidation sites excluding steroid dienone is 3. The van der Waals surface area contributed by atoms with Crippen LogP contribution in [0.1, 0.15) is 322 Å². The topological polar surface area (TPSA) is 89.8 Å². The number of amides is 1. The minimum absolute atomic E-state index is 0.361. The quantitative estimate of drug-likeness (QED) is 0.0362. The minimum atomic E-state index is -1.10. The zero-order valence-corrected chi connectivity index (χ0v) is 43.4. The highest BCUT2D eigenvalue weighted by molar-refractivity contribution is 5.80. The van der Waals surface area contributed by atoms with E-state index in [9.17, 15) is 20.1 Å². The van der Waals surface area contributed by atoms with Gasteiger partial charge in [0.25, 0.3) is 0 Å². The van der Waals surface area contributed by atoms with Gasteiger partial charge in [-0.15, -0.1) is 0 Å². The highest BCUT2D eigenvalue weighted by Gasteiger charge is 2.22. The van der Waals surface area contributed by atoms with Crippen LogP contribution in [0, 0.1) is 0 Å². The van der Waals surface area contributed by atoms with Crippen molar-refractivity contribution in [1.29, 1.82) is 0 Å². The molecule has 4 N–H and O–H groups in total. The van der Waals surface area contributed by atoms with Crippen LogP contribution in [0.4, 0.5) is 0 Å². The molecular weight excluding hydrogens is 787 g/mol. The molecule has 0 aromatic carbocycles. The molecule has 0 aromatic heterocycles. The van der Waals surface area contributed by atoms with E-state index in [1.807, 2.05) is 6.08 Å². The van der Waals surface area contributed by atoms with Crippen molar-refractivity contribution in [3.63, 3.8) is 0 Å². The van der Waals surface area contributed by atoms with E-state index >= 15 is 0 Å². The summed E-state index contributed by atoms with van der Waals surface area (Å²) in [6.07, 6.45) is 69.8. The van der Waals surface area contributed by atoms with E-state index < -0.39 is 24.2 Å². The zero-order valence-electron chi connectivity index (χ0n) is 43.4. The third-order valence-electron chi connectivity index (χ3n) is 13.8. The molecule has 0 aliphatic rings. The molecule has 0 aliphatic carbocycles. The van der Waals surface area contributed by atoms with Gasteiger partial charge in [-0.3, -0.25) is 4.79 Å². The first-order chi connectivity index (χ1) is 31.6. The molecule has 0 bridgehead atoms. The SMILES string of the molecule is CCCCCCCCCCCCCC/C=C\CCCCCCCCCCCCCCC(O)C(=O)NC(CO)C(O)/C=C/CCCCCCCCCCCCCCCCCCCCCC. The van der Waals surface area contributed by atoms with E-state index in [2.05, 4.69) is 31.3 Å². The van der Waals surface area contributed by atoms with Gasteiger partial charge in [0.2, 0.25) is 5.91 Å². The summed E-state index contributed by atoms with van der Waals surface area (Å²) in [7, 11) is 0. The summed E-state index contributed by atoms with van der Waals surface area (Å²) in [6, 6.07) is -0.797. The number of carbonyl (C=O) groups excluding carboxylic acids is 1. The predicted molar refractivity (Wildman–Crippen MR) is 282 cm³/mol. The van der Waals surface area contributed by atoms with Crippen molar-refractivity contribution in [3.8, 4) is 0 Å². The first-order valence-corrected chi connectivity index (χ1v) is 29.2. The van der Waals surface area contributed by atoms with Crippen LogP contribution in [0.5, 0.6) is 0 Å². The largest absolute Gasteiger partial charge is 0.394 e. The first-order valence-electron chi connectivity index (χ1n) is 29.2. The number of aliphatic hydroxyl groups excluding tert-OH is 3. The number of unbranched alkanes of at least 4 members (excludes halogenated alkanes) is 44. The fourth-order valence-corrected chi connectivity index (χ4v) is 9.24. The second kappa shape index (κ2) is 54.4. The lowest BCUT2D eigenvalue weighted by atomic mass is 10.0. The van der Waals surface area contributed by atoms with Crippen LogP contribution in [-0.2, 0) is 4.79 Å². The third-order valence-corrected chi connectivity index (χ3v) is 13.8. The molecule has 0 aromatic rings. The molecule has 0 fully saturated rings. The fourth-order valence-electron chi connectivity index (χ4n) is 9.24. The second-order valence-electron chi connectivity index (χ2n) is 20.2. The maximum atomic E-state index is 12.6. The molecule has 0 saturated carbocycles. The Hall–Kier alpha value is -1.17. The highest BCUT2D eigenvalue weighted by atomic mass is 16.3. The molecule has 5 nitrogen and oxygen atoms in total. The Labute approximate surface area is 401 Å². The lowest BCUT2D eigenvalue weighted by molar-refractivity contribution is -0.131. The standard InChI is InChI=1S/C59H115NO4/c1-3-5-7-9-11-13-15-17-19-21-23-25-27-28-29-30-31-32-34-36-38-40-42-44-46-48-50-52-54-58(63)59(64)60-56(55-61)57(62)53-51-49-47-45-43-41-39-37-35-33-26-24-22-20-18-16-14-12-10-8-6-4-2/h28-29,51,53,56-58,61-63H,3-27,30-50,52,54-55H2,1-2H3,(H,60,64)/b29-28-,53-51+. The van der Waals surface area contributed by atoms with E-state index in [0.717, 1.165) is 32.1 Å². The molecule has 1 amide bonds. The van der Waals surface area contributed by atoms with E-state index in [1.54, 1.807) is 6.08 Å². The van der Waals surface area contributed by atoms with Gasteiger partial charge in [0.15, 0.2) is 0 Å². The number of hydrogen-bond donors (Lipinski definition) is 4. The van der Waals surface area contributed by atoms with Gasteiger partial charge in [-0.1, -0.05) is 301 Å². The molecule has 380 valence electrons. The molecule has 0 rings (SSSR count). The maximum absolute atomic E-state index is 12.6. The summed E-state index contributed by atoms with van der Waals surface area (Å²) in [5, 5.41) is 33.4. The van der Waals surface area contributed by atoms with Crippen molar-refractivity contribution < 1.29 is 20.1 Å². The molecule has 5 heteroatoms. The van der Waals surface area contributed by atoms with Crippen LogP contribution in [0.2, 0.25) is 0 Å². The molecule has 0 spiro atoms. The summed E-state index contributed by atoms with van der Waals surface area (Å²) in [4.78, 5) is 12.6. The Kier molecular flexibility index (Phi) is 53.4. The van der Waals surface area contributed by atoms with Gasteiger partial charge in [0, 0.05) is 0 Å². The number of nitrogens with one attached hydrogen (secondary N) is 1. The molecule has 0 saturated heterocycles. The third kappa shape index (κ3) is 48.8. The molecule has 64 heavy (non-hydrogen) atoms. The molecular formula is C59H115NO4. The Morgan fingerprint density at radius 2 is 0.625 bits per heavy atom. The van der Waals surface area contributed by atoms with Gasteiger partial charge in [0.05, 0.1) is 18.8 Å². The van der Waals surface area contributed by atoms with Crippen molar-refractivity contribution in [2.75, 3.05) is 6.61 Å². The van der Waals surface area contributed by atoms with Gasteiger partial charge in [-0.25, -0.2) is 0 Å². The number of rotatable bonds is 54.